The van der Waals surface area contributed by atoms with Gasteiger partial charge in [0.05, 0.1) is 10.5 Å². The number of aromatic nitrogens is 1. The van der Waals surface area contributed by atoms with Gasteiger partial charge in [-0.2, -0.15) is 4.31 Å². The number of primary amides is 1. The molecule has 0 atom stereocenters. The maximum atomic E-state index is 12.7. The molecule has 1 aromatic heterocycles. The summed E-state index contributed by atoms with van der Waals surface area (Å²) < 4.78 is 26.9. The highest BCUT2D eigenvalue weighted by Crippen LogP contribution is 2.24. The average Bonchev–Trinajstić information content (AvgIpc) is 3.35. The number of sulfonamides is 1. The second-order valence-electron chi connectivity index (χ2n) is 7.68. The topological polar surface area (TPSA) is 117 Å². The molecule has 2 saturated heterocycles. The van der Waals surface area contributed by atoms with E-state index in [1.54, 1.807) is 17.0 Å². The Bertz CT molecular complexity index is 1060. The molecule has 2 aliphatic rings. The number of pyridine rings is 1. The first-order chi connectivity index (χ1) is 14.9. The molecule has 3 heterocycles. The summed E-state index contributed by atoms with van der Waals surface area (Å²) in [5, 5.41) is 0. The Hall–Kier alpha value is -2.98. The number of hydrogen-bond donors (Lipinski definition) is 1. The van der Waals surface area contributed by atoms with Gasteiger partial charge in [0.15, 0.2) is 0 Å². The summed E-state index contributed by atoms with van der Waals surface area (Å²) in [5.74, 6) is -0.776. The maximum Gasteiger partial charge on any atom is 0.272 e. The van der Waals surface area contributed by atoms with Crippen LogP contribution in [0.15, 0.2) is 47.5 Å². The maximum absolute atomic E-state index is 12.7. The predicted octanol–water partition coefficient (Wildman–Crippen LogP) is 0.927. The normalized spacial score (nSPS) is 17.7. The van der Waals surface area contributed by atoms with Crippen molar-refractivity contribution in [1.82, 2.24) is 14.2 Å². The second-order valence-corrected chi connectivity index (χ2v) is 9.62. The van der Waals surface area contributed by atoms with E-state index in [9.17, 15) is 18.0 Å². The van der Waals surface area contributed by atoms with Crippen molar-refractivity contribution >= 4 is 27.5 Å². The van der Waals surface area contributed by atoms with Gasteiger partial charge in [0.25, 0.3) is 5.91 Å². The van der Waals surface area contributed by atoms with Crippen molar-refractivity contribution in [3.63, 3.8) is 0 Å². The minimum atomic E-state index is -3.42. The molecule has 10 heteroatoms. The zero-order valence-corrected chi connectivity index (χ0v) is 17.9. The lowest BCUT2D eigenvalue weighted by molar-refractivity contribution is 0.0740. The molecule has 31 heavy (non-hydrogen) atoms. The molecule has 0 radical (unpaired) electrons. The summed E-state index contributed by atoms with van der Waals surface area (Å²) in [4.78, 5) is 32.0. The molecule has 0 bridgehead atoms. The molecule has 4 rings (SSSR count). The molecule has 0 saturated carbocycles. The Labute approximate surface area is 181 Å². The van der Waals surface area contributed by atoms with Crippen LogP contribution in [0.25, 0.3) is 0 Å². The highest BCUT2D eigenvalue weighted by Gasteiger charge is 2.28. The number of nitrogens with zero attached hydrogens (tertiary/aromatic N) is 4. The number of nitrogens with two attached hydrogens (primary N) is 1. The highest BCUT2D eigenvalue weighted by molar-refractivity contribution is 7.89. The zero-order valence-electron chi connectivity index (χ0n) is 17.1. The summed E-state index contributed by atoms with van der Waals surface area (Å²) in [7, 11) is -3.42. The predicted molar refractivity (Wildman–Crippen MR) is 115 cm³/mol. The Balaban J connectivity index is 1.37. The smallest absolute Gasteiger partial charge is 0.272 e. The number of benzene rings is 1. The second kappa shape index (κ2) is 8.64. The molecule has 9 nitrogen and oxygen atoms in total. The van der Waals surface area contributed by atoms with Crippen LogP contribution in [0.4, 0.5) is 5.69 Å². The van der Waals surface area contributed by atoms with Crippen LogP contribution >= 0.6 is 0 Å². The van der Waals surface area contributed by atoms with E-state index in [1.807, 2.05) is 12.1 Å². The van der Waals surface area contributed by atoms with Crippen molar-refractivity contribution in [2.45, 2.75) is 17.7 Å². The summed E-state index contributed by atoms with van der Waals surface area (Å²) in [6, 6.07) is 9.97. The number of amides is 2. The molecule has 0 unspecified atom stereocenters. The SMILES string of the molecule is NC(=O)c1ccc(C(=O)N2CCN(c3ccc(S(=O)(=O)N4CCCC4)cc3)CC2)nc1. The van der Waals surface area contributed by atoms with Gasteiger partial charge in [-0.05, 0) is 49.2 Å². The molecule has 164 valence electrons. The van der Waals surface area contributed by atoms with Crippen LogP contribution in [-0.2, 0) is 10.0 Å². The van der Waals surface area contributed by atoms with Gasteiger partial charge in [0, 0.05) is 51.2 Å². The van der Waals surface area contributed by atoms with Gasteiger partial charge in [-0.1, -0.05) is 0 Å². The molecule has 0 aliphatic carbocycles. The monoisotopic (exact) mass is 443 g/mol. The molecule has 2 aromatic rings. The Kier molecular flexibility index (Phi) is 5.92. The lowest BCUT2D eigenvalue weighted by Gasteiger charge is -2.36. The fourth-order valence-electron chi connectivity index (χ4n) is 3.90. The van der Waals surface area contributed by atoms with Crippen LogP contribution in [0.3, 0.4) is 0 Å². The standard InChI is InChI=1S/C21H25N5O4S/c22-20(27)16-3-8-19(23-15-16)21(28)25-13-11-24(12-14-25)17-4-6-18(7-5-17)31(29,30)26-9-1-2-10-26/h3-8,15H,1-2,9-14H2,(H2,22,27). The summed E-state index contributed by atoms with van der Waals surface area (Å²) in [6.07, 6.45) is 3.12. The van der Waals surface area contributed by atoms with Gasteiger partial charge in [0.1, 0.15) is 5.69 Å². The minimum absolute atomic E-state index is 0.192. The lowest BCUT2D eigenvalue weighted by Crippen LogP contribution is -2.49. The first-order valence-corrected chi connectivity index (χ1v) is 11.7. The van der Waals surface area contributed by atoms with E-state index >= 15 is 0 Å². The van der Waals surface area contributed by atoms with Gasteiger partial charge < -0.3 is 15.5 Å². The average molecular weight is 444 g/mol. The van der Waals surface area contributed by atoms with Gasteiger partial charge in [-0.15, -0.1) is 0 Å². The van der Waals surface area contributed by atoms with Crippen molar-refractivity contribution in [3.8, 4) is 0 Å². The van der Waals surface area contributed by atoms with Crippen molar-refractivity contribution in [2.75, 3.05) is 44.2 Å². The van der Waals surface area contributed by atoms with Crippen LogP contribution < -0.4 is 10.6 Å². The fourth-order valence-corrected chi connectivity index (χ4v) is 5.42. The third kappa shape index (κ3) is 4.40. The van der Waals surface area contributed by atoms with Crippen LogP contribution in [-0.4, -0.2) is 73.7 Å². The molecule has 1 aromatic carbocycles. The Morgan fingerprint density at radius 2 is 1.52 bits per heavy atom. The van der Waals surface area contributed by atoms with Gasteiger partial charge >= 0.3 is 0 Å². The van der Waals surface area contributed by atoms with Crippen LogP contribution in [0, 0.1) is 0 Å². The molecule has 2 fully saturated rings. The highest BCUT2D eigenvalue weighted by atomic mass is 32.2. The zero-order chi connectivity index (χ0) is 22.0. The van der Waals surface area contributed by atoms with Gasteiger partial charge in [-0.3, -0.25) is 14.6 Å². The third-order valence-electron chi connectivity index (χ3n) is 5.74. The third-order valence-corrected chi connectivity index (χ3v) is 7.65. The molecule has 2 N–H and O–H groups in total. The Morgan fingerprint density at radius 3 is 2.06 bits per heavy atom. The molecule has 2 amide bonds. The Morgan fingerprint density at radius 1 is 0.871 bits per heavy atom. The number of carbonyl (C=O) groups is 2. The molecule has 2 aliphatic heterocycles. The molecular formula is C21H25N5O4S. The number of carbonyl (C=O) groups excluding carboxylic acids is 2. The number of piperazine rings is 1. The number of rotatable bonds is 5. The van der Waals surface area contributed by atoms with E-state index in [1.165, 1.54) is 22.6 Å². The van der Waals surface area contributed by atoms with Crippen LogP contribution in [0.1, 0.15) is 33.7 Å². The van der Waals surface area contributed by atoms with E-state index in [2.05, 4.69) is 9.88 Å². The summed E-state index contributed by atoms with van der Waals surface area (Å²) >= 11 is 0. The van der Waals surface area contributed by atoms with Gasteiger partial charge in [0.2, 0.25) is 15.9 Å². The molecule has 0 spiro atoms. The van der Waals surface area contributed by atoms with Crippen LogP contribution in [0.5, 0.6) is 0 Å². The van der Waals surface area contributed by atoms with E-state index in [0.29, 0.717) is 44.2 Å². The lowest BCUT2D eigenvalue weighted by atomic mass is 10.2. The van der Waals surface area contributed by atoms with E-state index in [0.717, 1.165) is 18.5 Å². The number of anilines is 1. The van der Waals surface area contributed by atoms with E-state index in [-0.39, 0.29) is 17.2 Å². The quantitative estimate of drug-likeness (QED) is 0.735. The van der Waals surface area contributed by atoms with Crippen molar-refractivity contribution in [2.24, 2.45) is 5.73 Å². The fraction of sp³-hybridized carbons (Fsp3) is 0.381. The summed E-state index contributed by atoms with van der Waals surface area (Å²) in [6.45, 7) is 3.46. The molecular weight excluding hydrogens is 418 g/mol. The van der Waals surface area contributed by atoms with Crippen LogP contribution in [0.2, 0.25) is 0 Å². The minimum Gasteiger partial charge on any atom is -0.368 e. The van der Waals surface area contributed by atoms with E-state index in [4.69, 9.17) is 5.73 Å². The number of hydrogen-bond acceptors (Lipinski definition) is 6. The van der Waals surface area contributed by atoms with Crippen molar-refractivity contribution < 1.29 is 18.0 Å². The van der Waals surface area contributed by atoms with E-state index < -0.39 is 15.9 Å². The first-order valence-electron chi connectivity index (χ1n) is 10.3. The summed E-state index contributed by atoms with van der Waals surface area (Å²) in [5.41, 5.74) is 6.66. The van der Waals surface area contributed by atoms with Crippen molar-refractivity contribution in [3.05, 3.63) is 53.9 Å². The first kappa shape index (κ1) is 21.3. The van der Waals surface area contributed by atoms with Crippen molar-refractivity contribution in [1.29, 1.82) is 0 Å². The van der Waals surface area contributed by atoms with Gasteiger partial charge in [-0.25, -0.2) is 8.42 Å². The largest absolute Gasteiger partial charge is 0.368 e.